The first-order valence-electron chi connectivity index (χ1n) is 6.16. The van der Waals surface area contributed by atoms with Crippen LogP contribution in [0.1, 0.15) is 33.1 Å². The number of carbonyl (C=O) groups is 1. The predicted octanol–water partition coefficient (Wildman–Crippen LogP) is 4.20. The number of carbonyl (C=O) groups excluding carboxylic acids is 1. The van der Waals surface area contributed by atoms with E-state index in [4.69, 9.17) is 0 Å². The smallest absolute Gasteiger partial charge is 0.228 e. The van der Waals surface area contributed by atoms with E-state index in [1.165, 1.54) is 12.1 Å². The highest BCUT2D eigenvalue weighted by Gasteiger charge is 2.39. The SMILES string of the molecule is CC1(C)CCCC1C(=O)Nc1ccc(F)cc1I. The minimum absolute atomic E-state index is 0.0540. The fourth-order valence-electron chi connectivity index (χ4n) is 2.62. The van der Waals surface area contributed by atoms with Crippen molar-refractivity contribution >= 4 is 34.2 Å². The first kappa shape index (κ1) is 13.8. The van der Waals surface area contributed by atoms with Crippen LogP contribution in [0.2, 0.25) is 0 Å². The summed E-state index contributed by atoms with van der Waals surface area (Å²) in [6, 6.07) is 4.42. The van der Waals surface area contributed by atoms with Crippen LogP contribution in [0.15, 0.2) is 18.2 Å². The van der Waals surface area contributed by atoms with E-state index >= 15 is 0 Å². The van der Waals surface area contributed by atoms with E-state index in [1.807, 2.05) is 22.6 Å². The van der Waals surface area contributed by atoms with Crippen LogP contribution >= 0.6 is 22.6 Å². The van der Waals surface area contributed by atoms with Crippen LogP contribution in [0, 0.1) is 20.7 Å². The van der Waals surface area contributed by atoms with E-state index < -0.39 is 0 Å². The lowest BCUT2D eigenvalue weighted by Crippen LogP contribution is -2.31. The van der Waals surface area contributed by atoms with Crippen molar-refractivity contribution in [2.45, 2.75) is 33.1 Å². The second-order valence-corrected chi connectivity index (χ2v) is 6.71. The molecule has 98 valence electrons. The molecule has 1 unspecified atom stereocenters. The van der Waals surface area contributed by atoms with Crippen molar-refractivity contribution in [1.29, 1.82) is 0 Å². The third-order valence-corrected chi connectivity index (χ3v) is 4.66. The number of amides is 1. The molecule has 2 nitrogen and oxygen atoms in total. The zero-order chi connectivity index (χ0) is 13.3. The average Bonchev–Trinajstić information content (AvgIpc) is 2.62. The Morgan fingerprint density at radius 3 is 2.78 bits per heavy atom. The molecule has 0 saturated heterocycles. The summed E-state index contributed by atoms with van der Waals surface area (Å²) in [5.74, 6) is -0.168. The lowest BCUT2D eigenvalue weighted by molar-refractivity contribution is -0.122. The first-order valence-corrected chi connectivity index (χ1v) is 7.24. The highest BCUT2D eigenvalue weighted by molar-refractivity contribution is 14.1. The molecule has 1 aliphatic rings. The molecule has 1 aromatic rings. The molecule has 0 heterocycles. The Kier molecular flexibility index (Phi) is 3.94. The van der Waals surface area contributed by atoms with Gasteiger partial charge < -0.3 is 5.32 Å². The van der Waals surface area contributed by atoms with Gasteiger partial charge in [0, 0.05) is 9.49 Å². The Hall–Kier alpha value is -0.650. The summed E-state index contributed by atoms with van der Waals surface area (Å²) in [6.07, 6.45) is 3.13. The Morgan fingerprint density at radius 2 is 2.22 bits per heavy atom. The van der Waals surface area contributed by atoms with Crippen molar-refractivity contribution in [3.05, 3.63) is 27.6 Å². The summed E-state index contributed by atoms with van der Waals surface area (Å²) < 4.78 is 13.7. The molecule has 4 heteroatoms. The Bertz CT molecular complexity index is 473. The average molecular weight is 361 g/mol. The van der Waals surface area contributed by atoms with Crippen molar-refractivity contribution in [3.63, 3.8) is 0 Å². The molecule has 0 bridgehead atoms. The monoisotopic (exact) mass is 361 g/mol. The number of benzene rings is 1. The van der Waals surface area contributed by atoms with Crippen molar-refractivity contribution in [2.75, 3.05) is 5.32 Å². The van der Waals surface area contributed by atoms with Gasteiger partial charge in [0.25, 0.3) is 0 Å². The van der Waals surface area contributed by atoms with Gasteiger partial charge in [0.05, 0.1) is 5.69 Å². The summed E-state index contributed by atoms with van der Waals surface area (Å²) in [4.78, 5) is 12.3. The fourth-order valence-corrected chi connectivity index (χ4v) is 3.24. The van der Waals surface area contributed by atoms with Crippen molar-refractivity contribution < 1.29 is 9.18 Å². The number of hydrogen-bond donors (Lipinski definition) is 1. The molecular weight excluding hydrogens is 344 g/mol. The second kappa shape index (κ2) is 5.15. The maximum atomic E-state index is 13.0. The molecule has 1 N–H and O–H groups in total. The van der Waals surface area contributed by atoms with Gasteiger partial charge in [-0.3, -0.25) is 4.79 Å². The van der Waals surface area contributed by atoms with Crippen LogP contribution in [0.4, 0.5) is 10.1 Å². The second-order valence-electron chi connectivity index (χ2n) is 5.55. The molecule has 1 amide bonds. The Morgan fingerprint density at radius 1 is 1.50 bits per heavy atom. The van der Waals surface area contributed by atoms with Gasteiger partial charge >= 0.3 is 0 Å². The van der Waals surface area contributed by atoms with Gasteiger partial charge in [0.1, 0.15) is 5.82 Å². The number of anilines is 1. The number of nitrogens with one attached hydrogen (secondary N) is 1. The van der Waals surface area contributed by atoms with Crippen LogP contribution in [-0.4, -0.2) is 5.91 Å². The normalized spacial score (nSPS) is 21.9. The third-order valence-electron chi connectivity index (χ3n) is 3.76. The molecule has 0 spiro atoms. The minimum Gasteiger partial charge on any atom is -0.325 e. The molecule has 1 aliphatic carbocycles. The molecule has 2 rings (SSSR count). The fraction of sp³-hybridized carbons (Fsp3) is 0.500. The molecule has 1 atom stereocenters. The number of rotatable bonds is 2. The van der Waals surface area contributed by atoms with Crippen molar-refractivity contribution in [2.24, 2.45) is 11.3 Å². The van der Waals surface area contributed by atoms with Gasteiger partial charge in [-0.15, -0.1) is 0 Å². The lowest BCUT2D eigenvalue weighted by atomic mass is 9.81. The molecule has 0 radical (unpaired) electrons. The lowest BCUT2D eigenvalue weighted by Gasteiger charge is -2.26. The van der Waals surface area contributed by atoms with Crippen LogP contribution in [0.25, 0.3) is 0 Å². The van der Waals surface area contributed by atoms with Gasteiger partial charge in [-0.25, -0.2) is 4.39 Å². The van der Waals surface area contributed by atoms with E-state index in [0.717, 1.165) is 22.8 Å². The van der Waals surface area contributed by atoms with Crippen LogP contribution in [-0.2, 0) is 4.79 Å². The van der Waals surface area contributed by atoms with E-state index in [1.54, 1.807) is 6.07 Å². The summed E-state index contributed by atoms with van der Waals surface area (Å²) in [5, 5.41) is 2.92. The van der Waals surface area contributed by atoms with E-state index in [2.05, 4.69) is 19.2 Å². The van der Waals surface area contributed by atoms with Gasteiger partial charge in [0.2, 0.25) is 5.91 Å². The topological polar surface area (TPSA) is 29.1 Å². The standard InChI is InChI=1S/C14H17FINO/c1-14(2)7-3-4-10(14)13(18)17-12-6-5-9(15)8-11(12)16/h5-6,8,10H,3-4,7H2,1-2H3,(H,17,18). The molecule has 18 heavy (non-hydrogen) atoms. The zero-order valence-corrected chi connectivity index (χ0v) is 12.8. The van der Waals surface area contributed by atoms with Crippen molar-refractivity contribution in [1.82, 2.24) is 0 Å². The van der Waals surface area contributed by atoms with Gasteiger partial charge in [-0.1, -0.05) is 20.3 Å². The van der Waals surface area contributed by atoms with Crippen molar-refractivity contribution in [3.8, 4) is 0 Å². The zero-order valence-electron chi connectivity index (χ0n) is 10.6. The highest BCUT2D eigenvalue weighted by atomic mass is 127. The van der Waals surface area contributed by atoms with Gasteiger partial charge in [0.15, 0.2) is 0 Å². The van der Waals surface area contributed by atoms with Crippen LogP contribution < -0.4 is 5.32 Å². The molecule has 1 fully saturated rings. The predicted molar refractivity (Wildman–Crippen MR) is 78.9 cm³/mol. The van der Waals surface area contributed by atoms with E-state index in [-0.39, 0.29) is 23.1 Å². The molecule has 1 saturated carbocycles. The number of halogens is 2. The molecule has 1 aromatic carbocycles. The van der Waals surface area contributed by atoms with E-state index in [9.17, 15) is 9.18 Å². The first-order chi connectivity index (χ1) is 8.40. The van der Waals surface area contributed by atoms with Gasteiger partial charge in [-0.05, 0) is 59.0 Å². The summed E-state index contributed by atoms with van der Waals surface area (Å²) in [5.41, 5.74) is 0.764. The summed E-state index contributed by atoms with van der Waals surface area (Å²) in [6.45, 7) is 4.28. The third kappa shape index (κ3) is 2.84. The minimum atomic E-state index is -0.279. The maximum Gasteiger partial charge on any atom is 0.228 e. The largest absolute Gasteiger partial charge is 0.325 e. The highest BCUT2D eigenvalue weighted by Crippen LogP contribution is 2.43. The quantitative estimate of drug-likeness (QED) is 0.787. The summed E-state index contributed by atoms with van der Waals surface area (Å²) in [7, 11) is 0. The number of hydrogen-bond acceptors (Lipinski definition) is 1. The summed E-state index contributed by atoms with van der Waals surface area (Å²) >= 11 is 2.04. The van der Waals surface area contributed by atoms with Gasteiger partial charge in [-0.2, -0.15) is 0 Å². The van der Waals surface area contributed by atoms with Crippen LogP contribution in [0.3, 0.4) is 0 Å². The molecule has 0 aromatic heterocycles. The molecule has 0 aliphatic heterocycles. The maximum absolute atomic E-state index is 13.0. The Labute approximate surface area is 120 Å². The molecular formula is C14H17FINO. The van der Waals surface area contributed by atoms with Crippen LogP contribution in [0.5, 0.6) is 0 Å². The Balaban J connectivity index is 2.12. The van der Waals surface area contributed by atoms with E-state index in [0.29, 0.717) is 5.69 Å².